The Labute approximate surface area is 110 Å². The Bertz CT molecular complexity index is 394. The van der Waals surface area contributed by atoms with Crippen molar-refractivity contribution in [1.29, 1.82) is 0 Å². The van der Waals surface area contributed by atoms with E-state index in [9.17, 15) is 4.79 Å². The van der Waals surface area contributed by atoms with Gasteiger partial charge < -0.3 is 5.32 Å². The molecule has 18 heavy (non-hydrogen) atoms. The van der Waals surface area contributed by atoms with Crippen molar-refractivity contribution in [2.24, 2.45) is 5.92 Å². The van der Waals surface area contributed by atoms with Crippen LogP contribution in [0.25, 0.3) is 0 Å². The van der Waals surface area contributed by atoms with Gasteiger partial charge in [0, 0.05) is 12.8 Å². The second-order valence-electron chi connectivity index (χ2n) is 5.46. The molecular weight excluding hydrogens is 222 g/mol. The molecule has 0 amide bonds. The summed E-state index contributed by atoms with van der Waals surface area (Å²) in [6.07, 6.45) is 4.93. The fourth-order valence-electron chi connectivity index (χ4n) is 2.67. The maximum absolute atomic E-state index is 11.9. The molecule has 1 aromatic carbocycles. The highest BCUT2D eigenvalue weighted by molar-refractivity contribution is 5.80. The first-order valence-corrected chi connectivity index (χ1v) is 7.02. The van der Waals surface area contributed by atoms with Gasteiger partial charge in [-0.2, -0.15) is 0 Å². The van der Waals surface area contributed by atoms with E-state index in [1.165, 1.54) is 18.4 Å². The van der Waals surface area contributed by atoms with Crippen LogP contribution in [0.5, 0.6) is 0 Å². The molecule has 1 N–H and O–H groups in total. The summed E-state index contributed by atoms with van der Waals surface area (Å²) in [4.78, 5) is 11.9. The molecule has 2 rings (SSSR count). The topological polar surface area (TPSA) is 29.1 Å². The van der Waals surface area contributed by atoms with E-state index in [-0.39, 0.29) is 0 Å². The van der Waals surface area contributed by atoms with Crippen LogP contribution in [-0.2, 0) is 11.2 Å². The van der Waals surface area contributed by atoms with E-state index in [1.807, 2.05) is 12.1 Å². The lowest BCUT2D eigenvalue weighted by Gasteiger charge is -2.22. The lowest BCUT2D eigenvalue weighted by atomic mass is 9.92. The van der Waals surface area contributed by atoms with E-state index >= 15 is 0 Å². The van der Waals surface area contributed by atoms with Gasteiger partial charge in [0.25, 0.3) is 0 Å². The molecule has 1 fully saturated rings. The first-order valence-electron chi connectivity index (χ1n) is 7.02. The minimum atomic E-state index is 0.381. The van der Waals surface area contributed by atoms with Gasteiger partial charge in [0.1, 0.15) is 5.78 Å². The Balaban J connectivity index is 1.74. The predicted octanol–water partition coefficient (Wildman–Crippen LogP) is 2.89. The molecule has 0 bridgehead atoms. The van der Waals surface area contributed by atoms with Crippen LogP contribution in [0.2, 0.25) is 0 Å². The average molecular weight is 245 g/mol. The van der Waals surface area contributed by atoms with Crippen molar-refractivity contribution < 1.29 is 4.79 Å². The first kappa shape index (κ1) is 13.3. The molecule has 1 aliphatic heterocycles. The zero-order valence-electron chi connectivity index (χ0n) is 11.2. The van der Waals surface area contributed by atoms with E-state index < -0.39 is 0 Å². The molecule has 2 nitrogen and oxygen atoms in total. The molecule has 1 saturated heterocycles. The number of Topliss-reactive ketones (excluding diaryl/α,β-unsaturated/α-hetero) is 1. The van der Waals surface area contributed by atoms with E-state index in [2.05, 4.69) is 24.4 Å². The van der Waals surface area contributed by atoms with Gasteiger partial charge >= 0.3 is 0 Å². The molecule has 98 valence electrons. The maximum atomic E-state index is 11.9. The van der Waals surface area contributed by atoms with E-state index in [0.717, 1.165) is 31.5 Å². The lowest BCUT2D eigenvalue weighted by Crippen LogP contribution is -2.30. The molecule has 0 spiro atoms. The third kappa shape index (κ3) is 4.26. The van der Waals surface area contributed by atoms with Crippen LogP contribution in [0.3, 0.4) is 0 Å². The summed E-state index contributed by atoms with van der Waals surface area (Å²) in [6, 6.07) is 8.26. The number of piperidine rings is 1. The molecule has 1 heterocycles. The SMILES string of the molecule is Cc1cccc(CC(=O)CCC2CCCNC2)c1. The molecule has 1 aromatic rings. The number of carbonyl (C=O) groups excluding carboxylic acids is 1. The van der Waals surface area contributed by atoms with Crippen LogP contribution in [0.4, 0.5) is 0 Å². The molecule has 0 saturated carbocycles. The number of aryl methyl sites for hydroxylation is 1. The lowest BCUT2D eigenvalue weighted by molar-refractivity contribution is -0.118. The van der Waals surface area contributed by atoms with Gasteiger partial charge in [-0.15, -0.1) is 0 Å². The Morgan fingerprint density at radius 1 is 1.44 bits per heavy atom. The Kier molecular flexibility index (Phi) is 4.94. The summed E-state index contributed by atoms with van der Waals surface area (Å²) in [5.74, 6) is 1.09. The van der Waals surface area contributed by atoms with Crippen molar-refractivity contribution in [3.63, 3.8) is 0 Å². The number of carbonyl (C=O) groups is 1. The number of rotatable bonds is 5. The summed E-state index contributed by atoms with van der Waals surface area (Å²) in [5, 5.41) is 3.40. The van der Waals surface area contributed by atoms with Crippen molar-refractivity contribution in [2.75, 3.05) is 13.1 Å². The van der Waals surface area contributed by atoms with Crippen molar-refractivity contribution in [3.8, 4) is 0 Å². The standard InChI is InChI=1S/C16H23NO/c1-13-4-2-5-15(10-13)11-16(18)8-7-14-6-3-9-17-12-14/h2,4-5,10,14,17H,3,6-9,11-12H2,1H3. The normalized spacial score (nSPS) is 19.7. The van der Waals surface area contributed by atoms with Gasteiger partial charge in [0.15, 0.2) is 0 Å². The van der Waals surface area contributed by atoms with Gasteiger partial charge in [0.05, 0.1) is 0 Å². The third-order valence-electron chi connectivity index (χ3n) is 3.71. The quantitative estimate of drug-likeness (QED) is 0.864. The maximum Gasteiger partial charge on any atom is 0.137 e. The number of benzene rings is 1. The van der Waals surface area contributed by atoms with Crippen LogP contribution in [0, 0.1) is 12.8 Å². The van der Waals surface area contributed by atoms with Gasteiger partial charge in [-0.05, 0) is 50.8 Å². The minimum absolute atomic E-state index is 0.381. The van der Waals surface area contributed by atoms with Crippen molar-refractivity contribution >= 4 is 5.78 Å². The molecule has 2 heteroatoms. The summed E-state index contributed by atoms with van der Waals surface area (Å²) in [7, 11) is 0. The molecule has 1 atom stereocenters. The summed E-state index contributed by atoms with van der Waals surface area (Å²) in [6.45, 7) is 4.31. The van der Waals surface area contributed by atoms with Crippen molar-refractivity contribution in [2.45, 2.75) is 39.0 Å². The van der Waals surface area contributed by atoms with Gasteiger partial charge in [-0.3, -0.25) is 4.79 Å². The number of nitrogens with one attached hydrogen (secondary N) is 1. The second-order valence-corrected chi connectivity index (χ2v) is 5.46. The highest BCUT2D eigenvalue weighted by Crippen LogP contribution is 2.17. The Hall–Kier alpha value is -1.15. The Morgan fingerprint density at radius 3 is 3.06 bits per heavy atom. The largest absolute Gasteiger partial charge is 0.316 e. The second kappa shape index (κ2) is 6.69. The van der Waals surface area contributed by atoms with Gasteiger partial charge in [-0.25, -0.2) is 0 Å². The number of hydrogen-bond acceptors (Lipinski definition) is 2. The van der Waals surface area contributed by atoms with E-state index in [0.29, 0.717) is 18.1 Å². The van der Waals surface area contributed by atoms with Crippen LogP contribution < -0.4 is 5.32 Å². The molecule has 0 aromatic heterocycles. The highest BCUT2D eigenvalue weighted by atomic mass is 16.1. The van der Waals surface area contributed by atoms with Crippen molar-refractivity contribution in [3.05, 3.63) is 35.4 Å². The monoisotopic (exact) mass is 245 g/mol. The molecule has 0 radical (unpaired) electrons. The summed E-state index contributed by atoms with van der Waals surface area (Å²) < 4.78 is 0. The zero-order valence-corrected chi connectivity index (χ0v) is 11.2. The van der Waals surface area contributed by atoms with Crippen LogP contribution >= 0.6 is 0 Å². The number of hydrogen-bond donors (Lipinski definition) is 1. The first-order chi connectivity index (χ1) is 8.74. The van der Waals surface area contributed by atoms with Crippen LogP contribution in [0.15, 0.2) is 24.3 Å². The summed E-state index contributed by atoms with van der Waals surface area (Å²) in [5.41, 5.74) is 2.39. The predicted molar refractivity (Wildman–Crippen MR) is 74.7 cm³/mol. The minimum Gasteiger partial charge on any atom is -0.316 e. The van der Waals surface area contributed by atoms with E-state index in [4.69, 9.17) is 0 Å². The average Bonchev–Trinajstić information content (AvgIpc) is 2.38. The van der Waals surface area contributed by atoms with Crippen LogP contribution in [0.1, 0.15) is 36.8 Å². The highest BCUT2D eigenvalue weighted by Gasteiger charge is 2.14. The fraction of sp³-hybridized carbons (Fsp3) is 0.562. The summed E-state index contributed by atoms with van der Waals surface area (Å²) >= 11 is 0. The van der Waals surface area contributed by atoms with Crippen LogP contribution in [-0.4, -0.2) is 18.9 Å². The fourth-order valence-corrected chi connectivity index (χ4v) is 2.67. The zero-order chi connectivity index (χ0) is 12.8. The molecule has 1 unspecified atom stereocenters. The van der Waals surface area contributed by atoms with Crippen molar-refractivity contribution in [1.82, 2.24) is 5.32 Å². The number of ketones is 1. The molecule has 0 aliphatic carbocycles. The smallest absolute Gasteiger partial charge is 0.137 e. The van der Waals surface area contributed by atoms with Gasteiger partial charge in [0.2, 0.25) is 0 Å². The Morgan fingerprint density at radius 2 is 2.33 bits per heavy atom. The molecule has 1 aliphatic rings. The molecular formula is C16H23NO. The third-order valence-corrected chi connectivity index (χ3v) is 3.71. The van der Waals surface area contributed by atoms with E-state index in [1.54, 1.807) is 0 Å². The van der Waals surface area contributed by atoms with Gasteiger partial charge in [-0.1, -0.05) is 29.8 Å².